The summed E-state index contributed by atoms with van der Waals surface area (Å²) in [6.45, 7) is 7.02. The van der Waals surface area contributed by atoms with Gasteiger partial charge in [-0.05, 0) is 35.8 Å². The fourth-order valence-corrected chi connectivity index (χ4v) is 3.55. The highest BCUT2D eigenvalue weighted by Crippen LogP contribution is 2.48. The number of hydrogen-bond acceptors (Lipinski definition) is 0. The SMILES string of the molecule is CCC(CC)(CC)C(c1ccccc1)c1ccccc1. The zero-order chi connectivity index (χ0) is 14.4. The molecule has 0 unspecified atom stereocenters. The summed E-state index contributed by atoms with van der Waals surface area (Å²) in [7, 11) is 0. The minimum absolute atomic E-state index is 0.350. The van der Waals surface area contributed by atoms with Gasteiger partial charge in [0.05, 0.1) is 0 Å². The van der Waals surface area contributed by atoms with Crippen LogP contribution in [0.3, 0.4) is 0 Å². The Kier molecular flexibility index (Phi) is 5.00. The van der Waals surface area contributed by atoms with E-state index in [1.807, 2.05) is 0 Å². The monoisotopic (exact) mass is 266 g/mol. The molecule has 0 bridgehead atoms. The van der Waals surface area contributed by atoms with Crippen LogP contribution < -0.4 is 0 Å². The molecule has 0 aromatic heterocycles. The highest BCUT2D eigenvalue weighted by Gasteiger charge is 2.35. The average molecular weight is 266 g/mol. The predicted molar refractivity (Wildman–Crippen MR) is 88.0 cm³/mol. The van der Waals surface area contributed by atoms with Crippen molar-refractivity contribution in [2.45, 2.75) is 46.0 Å². The van der Waals surface area contributed by atoms with Gasteiger partial charge in [-0.1, -0.05) is 81.4 Å². The van der Waals surface area contributed by atoms with E-state index in [1.54, 1.807) is 0 Å². The predicted octanol–water partition coefficient (Wildman–Crippen LogP) is 6.03. The molecular weight excluding hydrogens is 240 g/mol. The quantitative estimate of drug-likeness (QED) is 0.598. The Morgan fingerprint density at radius 1 is 0.650 bits per heavy atom. The highest BCUT2D eigenvalue weighted by atomic mass is 14.4. The van der Waals surface area contributed by atoms with Gasteiger partial charge in [-0.3, -0.25) is 0 Å². The molecule has 0 amide bonds. The van der Waals surface area contributed by atoms with Crippen molar-refractivity contribution in [3.05, 3.63) is 71.8 Å². The normalized spacial score (nSPS) is 11.8. The first-order chi connectivity index (χ1) is 9.77. The Bertz CT molecular complexity index is 446. The summed E-state index contributed by atoms with van der Waals surface area (Å²) < 4.78 is 0. The van der Waals surface area contributed by atoms with Gasteiger partial charge >= 0.3 is 0 Å². The van der Waals surface area contributed by atoms with Crippen LogP contribution in [0.4, 0.5) is 0 Å². The van der Waals surface area contributed by atoms with E-state index >= 15 is 0 Å². The van der Waals surface area contributed by atoms with Gasteiger partial charge in [0, 0.05) is 5.92 Å². The lowest BCUT2D eigenvalue weighted by Gasteiger charge is -2.40. The van der Waals surface area contributed by atoms with Crippen LogP contribution in [0.2, 0.25) is 0 Å². The number of benzene rings is 2. The van der Waals surface area contributed by atoms with Gasteiger partial charge in [0.15, 0.2) is 0 Å². The van der Waals surface area contributed by atoms with Crippen LogP contribution in [0.5, 0.6) is 0 Å². The molecule has 2 aromatic carbocycles. The minimum atomic E-state index is 0.350. The minimum Gasteiger partial charge on any atom is -0.0648 e. The summed E-state index contributed by atoms with van der Waals surface area (Å²) >= 11 is 0. The van der Waals surface area contributed by atoms with Crippen molar-refractivity contribution >= 4 is 0 Å². The maximum atomic E-state index is 2.34. The van der Waals surface area contributed by atoms with Gasteiger partial charge in [0.1, 0.15) is 0 Å². The standard InChI is InChI=1S/C20H26/c1-4-20(5-2,6-3)19(17-13-9-7-10-14-17)18-15-11-8-12-16-18/h7-16,19H,4-6H2,1-3H3. The van der Waals surface area contributed by atoms with Crippen LogP contribution in [-0.2, 0) is 0 Å². The molecule has 0 heterocycles. The molecule has 0 aliphatic rings. The topological polar surface area (TPSA) is 0 Å². The molecule has 0 aliphatic heterocycles. The Hall–Kier alpha value is -1.56. The third-order valence-corrected chi connectivity index (χ3v) is 4.99. The van der Waals surface area contributed by atoms with Crippen LogP contribution in [0.15, 0.2) is 60.7 Å². The average Bonchev–Trinajstić information content (AvgIpc) is 2.54. The molecule has 0 N–H and O–H groups in total. The van der Waals surface area contributed by atoms with E-state index in [0.29, 0.717) is 11.3 Å². The van der Waals surface area contributed by atoms with Crippen LogP contribution in [0.25, 0.3) is 0 Å². The summed E-state index contributed by atoms with van der Waals surface area (Å²) in [5.74, 6) is 0.491. The summed E-state index contributed by atoms with van der Waals surface area (Å²) in [6.07, 6.45) is 3.65. The molecule has 0 aliphatic carbocycles. The van der Waals surface area contributed by atoms with Crippen LogP contribution in [0.1, 0.15) is 57.1 Å². The van der Waals surface area contributed by atoms with Crippen molar-refractivity contribution in [3.63, 3.8) is 0 Å². The van der Waals surface area contributed by atoms with Crippen LogP contribution >= 0.6 is 0 Å². The number of rotatable bonds is 6. The largest absolute Gasteiger partial charge is 0.0648 e. The molecule has 0 saturated heterocycles. The lowest BCUT2D eigenvalue weighted by Crippen LogP contribution is -2.28. The zero-order valence-electron chi connectivity index (χ0n) is 13.0. The molecule has 2 rings (SSSR count). The van der Waals surface area contributed by atoms with E-state index < -0.39 is 0 Å². The summed E-state index contributed by atoms with van der Waals surface area (Å²) in [5.41, 5.74) is 3.25. The van der Waals surface area contributed by atoms with Gasteiger partial charge in [-0.2, -0.15) is 0 Å². The van der Waals surface area contributed by atoms with Crippen molar-refractivity contribution in [1.82, 2.24) is 0 Å². The summed E-state index contributed by atoms with van der Waals surface area (Å²) in [4.78, 5) is 0. The summed E-state index contributed by atoms with van der Waals surface area (Å²) in [6, 6.07) is 22.0. The Labute approximate surface area is 123 Å². The van der Waals surface area contributed by atoms with Crippen molar-refractivity contribution in [2.24, 2.45) is 5.41 Å². The van der Waals surface area contributed by atoms with Crippen LogP contribution in [-0.4, -0.2) is 0 Å². The van der Waals surface area contributed by atoms with E-state index in [1.165, 1.54) is 30.4 Å². The second kappa shape index (κ2) is 6.74. The van der Waals surface area contributed by atoms with Crippen molar-refractivity contribution in [3.8, 4) is 0 Å². The van der Waals surface area contributed by atoms with Gasteiger partial charge in [-0.15, -0.1) is 0 Å². The Morgan fingerprint density at radius 3 is 1.30 bits per heavy atom. The molecule has 0 atom stereocenters. The van der Waals surface area contributed by atoms with Crippen molar-refractivity contribution in [2.75, 3.05) is 0 Å². The van der Waals surface area contributed by atoms with Gasteiger partial charge < -0.3 is 0 Å². The van der Waals surface area contributed by atoms with Crippen molar-refractivity contribution in [1.29, 1.82) is 0 Å². The molecule has 106 valence electrons. The smallest absolute Gasteiger partial charge is 0.0145 e. The molecular formula is C20H26. The maximum absolute atomic E-state index is 2.34. The Morgan fingerprint density at radius 2 is 1.00 bits per heavy atom. The molecule has 20 heavy (non-hydrogen) atoms. The first-order valence-electron chi connectivity index (χ1n) is 7.87. The lowest BCUT2D eigenvalue weighted by molar-refractivity contribution is 0.214. The fourth-order valence-electron chi connectivity index (χ4n) is 3.55. The first-order valence-corrected chi connectivity index (χ1v) is 7.87. The second-order valence-electron chi connectivity index (χ2n) is 5.68. The molecule has 2 aromatic rings. The fraction of sp³-hybridized carbons (Fsp3) is 0.400. The zero-order valence-corrected chi connectivity index (χ0v) is 13.0. The van der Waals surface area contributed by atoms with Gasteiger partial charge in [0.25, 0.3) is 0 Å². The van der Waals surface area contributed by atoms with Crippen LogP contribution in [0, 0.1) is 5.41 Å². The maximum Gasteiger partial charge on any atom is 0.0145 e. The molecule has 0 spiro atoms. The van der Waals surface area contributed by atoms with E-state index in [4.69, 9.17) is 0 Å². The third-order valence-electron chi connectivity index (χ3n) is 4.99. The highest BCUT2D eigenvalue weighted by molar-refractivity contribution is 5.35. The van der Waals surface area contributed by atoms with E-state index in [2.05, 4.69) is 81.4 Å². The van der Waals surface area contributed by atoms with Gasteiger partial charge in [-0.25, -0.2) is 0 Å². The van der Waals surface area contributed by atoms with Crippen molar-refractivity contribution < 1.29 is 0 Å². The van der Waals surface area contributed by atoms with Gasteiger partial charge in [0.2, 0.25) is 0 Å². The van der Waals surface area contributed by atoms with E-state index in [-0.39, 0.29) is 0 Å². The molecule has 0 fully saturated rings. The molecule has 0 nitrogen and oxygen atoms in total. The summed E-state index contributed by atoms with van der Waals surface area (Å²) in [5, 5.41) is 0. The second-order valence-corrected chi connectivity index (χ2v) is 5.68. The number of hydrogen-bond donors (Lipinski definition) is 0. The molecule has 0 heteroatoms. The van der Waals surface area contributed by atoms with E-state index in [9.17, 15) is 0 Å². The molecule has 0 saturated carbocycles. The van der Waals surface area contributed by atoms with E-state index in [0.717, 1.165) is 0 Å². The molecule has 0 radical (unpaired) electrons. The first kappa shape index (κ1) is 14.8. The Balaban J connectivity index is 2.55. The third kappa shape index (κ3) is 2.80. The lowest BCUT2D eigenvalue weighted by atomic mass is 9.64.